The molecule has 1 aliphatic heterocycles. The number of hydrogen-bond acceptors (Lipinski definition) is 6. The van der Waals surface area contributed by atoms with Gasteiger partial charge in [-0.25, -0.2) is 8.42 Å². The summed E-state index contributed by atoms with van der Waals surface area (Å²) in [5.41, 5.74) is 1.03. The van der Waals surface area contributed by atoms with E-state index in [1.165, 1.54) is 38.3 Å². The van der Waals surface area contributed by atoms with Gasteiger partial charge in [-0.3, -0.25) is 9.59 Å². The fraction of sp³-hybridized carbons (Fsp3) is 0.333. The van der Waals surface area contributed by atoms with E-state index in [0.29, 0.717) is 17.1 Å². The number of nitrogens with one attached hydrogen (secondary N) is 1. The molecule has 1 unspecified atom stereocenters. The van der Waals surface area contributed by atoms with Gasteiger partial charge in [0.15, 0.2) is 0 Å². The zero-order valence-electron chi connectivity index (χ0n) is 17.8. The van der Waals surface area contributed by atoms with Crippen molar-refractivity contribution < 1.29 is 27.5 Å². The molecular formula is C21H25N3O6S. The Hall–Kier alpha value is -3.11. The number of sulfonamides is 1. The first-order valence-electron chi connectivity index (χ1n) is 9.58. The molecule has 0 saturated carbocycles. The second kappa shape index (κ2) is 8.94. The Morgan fingerprint density at radius 2 is 1.90 bits per heavy atom. The van der Waals surface area contributed by atoms with E-state index in [-0.39, 0.29) is 23.0 Å². The van der Waals surface area contributed by atoms with Crippen LogP contribution in [0.15, 0.2) is 47.4 Å². The highest BCUT2D eigenvalue weighted by Gasteiger charge is 2.33. The molecule has 0 bridgehead atoms. The molecule has 0 fully saturated rings. The van der Waals surface area contributed by atoms with E-state index in [0.717, 1.165) is 4.31 Å². The van der Waals surface area contributed by atoms with Crippen LogP contribution in [0.3, 0.4) is 0 Å². The van der Waals surface area contributed by atoms with Crippen molar-refractivity contribution in [3.8, 4) is 11.5 Å². The number of methoxy groups -OCH3 is 2. The Kier molecular flexibility index (Phi) is 6.51. The molecule has 166 valence electrons. The molecule has 1 atom stereocenters. The van der Waals surface area contributed by atoms with Crippen LogP contribution < -0.4 is 19.7 Å². The summed E-state index contributed by atoms with van der Waals surface area (Å²) >= 11 is 0. The average Bonchev–Trinajstić information content (AvgIpc) is 2.87. The molecule has 9 nitrogen and oxygen atoms in total. The smallest absolute Gasteiger partial charge is 0.247 e. The predicted molar refractivity (Wildman–Crippen MR) is 116 cm³/mol. The molecule has 0 spiro atoms. The Bertz CT molecular complexity index is 1100. The van der Waals surface area contributed by atoms with Crippen molar-refractivity contribution in [3.05, 3.63) is 42.5 Å². The number of anilines is 2. The van der Waals surface area contributed by atoms with Gasteiger partial charge >= 0.3 is 0 Å². The number of ether oxygens (including phenoxy) is 2. The van der Waals surface area contributed by atoms with Crippen molar-refractivity contribution >= 4 is 33.2 Å². The van der Waals surface area contributed by atoms with Crippen molar-refractivity contribution in [2.75, 3.05) is 38.0 Å². The van der Waals surface area contributed by atoms with Crippen LogP contribution in [0, 0.1) is 0 Å². The number of para-hydroxylation sites is 2. The molecule has 0 aromatic heterocycles. The molecule has 2 aromatic rings. The number of benzene rings is 2. The highest BCUT2D eigenvalue weighted by Crippen LogP contribution is 2.33. The van der Waals surface area contributed by atoms with Gasteiger partial charge in [-0.1, -0.05) is 12.1 Å². The lowest BCUT2D eigenvalue weighted by molar-refractivity contribution is -0.119. The average molecular weight is 448 g/mol. The van der Waals surface area contributed by atoms with Crippen LogP contribution in [-0.4, -0.2) is 58.4 Å². The Balaban J connectivity index is 1.92. The van der Waals surface area contributed by atoms with E-state index in [9.17, 15) is 18.0 Å². The van der Waals surface area contributed by atoms with Crippen molar-refractivity contribution in [1.29, 1.82) is 0 Å². The van der Waals surface area contributed by atoms with Crippen LogP contribution >= 0.6 is 0 Å². The third-order valence-electron chi connectivity index (χ3n) is 5.04. The summed E-state index contributed by atoms with van der Waals surface area (Å²) in [6.07, 6.45) is 0.0978. The van der Waals surface area contributed by atoms with Crippen molar-refractivity contribution in [2.45, 2.75) is 24.3 Å². The Morgan fingerprint density at radius 1 is 1.19 bits per heavy atom. The molecule has 1 aliphatic rings. The third-order valence-corrected chi connectivity index (χ3v) is 6.87. The van der Waals surface area contributed by atoms with Gasteiger partial charge in [0.25, 0.3) is 0 Å². The maximum absolute atomic E-state index is 13.2. The van der Waals surface area contributed by atoms with Crippen LogP contribution in [0.25, 0.3) is 0 Å². The largest absolute Gasteiger partial charge is 0.497 e. The van der Waals surface area contributed by atoms with Gasteiger partial charge in [0.2, 0.25) is 21.8 Å². The van der Waals surface area contributed by atoms with Gasteiger partial charge in [0.05, 0.1) is 32.1 Å². The van der Waals surface area contributed by atoms with Gasteiger partial charge < -0.3 is 19.7 Å². The number of hydrogen-bond donors (Lipinski definition) is 1. The van der Waals surface area contributed by atoms with Crippen molar-refractivity contribution in [3.63, 3.8) is 0 Å². The standard InChI is InChI=1S/C21H25N3O6S/c1-14-11-20(25)22-16-7-5-6-8-17(16)24(14)21(26)13-23(2)31(27,28)19-12-15(29-3)9-10-18(19)30-4/h5-10,12,14H,11,13H2,1-4H3,(H,22,25). The highest BCUT2D eigenvalue weighted by molar-refractivity contribution is 7.89. The monoisotopic (exact) mass is 447 g/mol. The molecule has 0 radical (unpaired) electrons. The van der Waals surface area contributed by atoms with Gasteiger partial charge in [0.1, 0.15) is 16.4 Å². The van der Waals surface area contributed by atoms with Crippen LogP contribution in [0.2, 0.25) is 0 Å². The quantitative estimate of drug-likeness (QED) is 0.727. The maximum atomic E-state index is 13.2. The predicted octanol–water partition coefficient (Wildman–Crippen LogP) is 2.09. The number of nitrogens with zero attached hydrogens (tertiary/aromatic N) is 2. The number of rotatable bonds is 6. The lowest BCUT2D eigenvalue weighted by atomic mass is 10.1. The number of likely N-dealkylation sites (N-methyl/N-ethyl adjacent to an activating group) is 1. The van der Waals surface area contributed by atoms with E-state index < -0.39 is 28.5 Å². The SMILES string of the molecule is COc1ccc(OC)c(S(=O)(=O)N(C)CC(=O)N2c3ccccc3NC(=O)CC2C)c1. The highest BCUT2D eigenvalue weighted by atomic mass is 32.2. The van der Waals surface area contributed by atoms with E-state index >= 15 is 0 Å². The molecular weight excluding hydrogens is 422 g/mol. The minimum absolute atomic E-state index is 0.0978. The van der Waals surface area contributed by atoms with E-state index in [2.05, 4.69) is 5.32 Å². The summed E-state index contributed by atoms with van der Waals surface area (Å²) in [5.74, 6) is -0.177. The lowest BCUT2D eigenvalue weighted by Gasteiger charge is -2.29. The van der Waals surface area contributed by atoms with Crippen LogP contribution in [0.4, 0.5) is 11.4 Å². The molecule has 0 aliphatic carbocycles. The fourth-order valence-electron chi connectivity index (χ4n) is 3.47. The van der Waals surface area contributed by atoms with Crippen molar-refractivity contribution in [1.82, 2.24) is 4.31 Å². The maximum Gasteiger partial charge on any atom is 0.247 e. The molecule has 31 heavy (non-hydrogen) atoms. The topological polar surface area (TPSA) is 105 Å². The Labute approximate surface area is 181 Å². The molecule has 1 heterocycles. The lowest BCUT2D eigenvalue weighted by Crippen LogP contribution is -2.45. The second-order valence-electron chi connectivity index (χ2n) is 7.16. The van der Waals surface area contributed by atoms with Gasteiger partial charge in [0, 0.05) is 25.6 Å². The number of carbonyl (C=O) groups is 2. The molecule has 0 saturated heterocycles. The first-order chi connectivity index (χ1) is 14.7. The number of fused-ring (bicyclic) bond motifs is 1. The molecule has 1 N–H and O–H groups in total. The van der Waals surface area contributed by atoms with Gasteiger partial charge in [-0.2, -0.15) is 4.31 Å². The number of amides is 2. The first kappa shape index (κ1) is 22.6. The van der Waals surface area contributed by atoms with Crippen LogP contribution in [-0.2, 0) is 19.6 Å². The summed E-state index contributed by atoms with van der Waals surface area (Å²) in [4.78, 5) is 26.7. The van der Waals surface area contributed by atoms with Gasteiger partial charge in [-0.05, 0) is 31.2 Å². The minimum atomic E-state index is -4.06. The molecule has 2 amide bonds. The summed E-state index contributed by atoms with van der Waals surface area (Å²) in [7, 11) is 0.0552. The summed E-state index contributed by atoms with van der Waals surface area (Å²) in [5, 5.41) is 2.78. The second-order valence-corrected chi connectivity index (χ2v) is 9.17. The minimum Gasteiger partial charge on any atom is -0.497 e. The molecule has 10 heteroatoms. The van der Waals surface area contributed by atoms with Gasteiger partial charge in [-0.15, -0.1) is 0 Å². The third kappa shape index (κ3) is 4.49. The first-order valence-corrected chi connectivity index (χ1v) is 11.0. The van der Waals surface area contributed by atoms with E-state index in [4.69, 9.17) is 9.47 Å². The summed E-state index contributed by atoms with van der Waals surface area (Å²) < 4.78 is 37.7. The zero-order valence-corrected chi connectivity index (χ0v) is 18.6. The summed E-state index contributed by atoms with van der Waals surface area (Å²) in [6.45, 7) is 1.33. The Morgan fingerprint density at radius 3 is 2.58 bits per heavy atom. The van der Waals surface area contributed by atoms with E-state index in [1.54, 1.807) is 37.3 Å². The van der Waals surface area contributed by atoms with Crippen molar-refractivity contribution in [2.24, 2.45) is 0 Å². The molecule has 3 rings (SSSR count). The van der Waals surface area contributed by atoms with Crippen LogP contribution in [0.5, 0.6) is 11.5 Å². The fourth-order valence-corrected chi connectivity index (χ4v) is 4.76. The van der Waals surface area contributed by atoms with E-state index in [1.807, 2.05) is 0 Å². The molecule has 2 aromatic carbocycles. The number of carbonyl (C=O) groups excluding carboxylic acids is 2. The zero-order chi connectivity index (χ0) is 22.8. The van der Waals surface area contributed by atoms with Crippen LogP contribution in [0.1, 0.15) is 13.3 Å². The normalized spacial score (nSPS) is 16.4. The summed E-state index contributed by atoms with van der Waals surface area (Å²) in [6, 6.07) is 10.9.